The second-order valence-corrected chi connectivity index (χ2v) is 3.28. The van der Waals surface area contributed by atoms with Gasteiger partial charge >= 0.3 is 0 Å². The number of nitrogens with zero attached hydrogens (tertiary/aromatic N) is 1. The Balaban J connectivity index is 2.73. The van der Waals surface area contributed by atoms with Crippen molar-refractivity contribution in [2.24, 2.45) is 0 Å². The van der Waals surface area contributed by atoms with Crippen molar-refractivity contribution in [3.05, 3.63) is 29.8 Å². The summed E-state index contributed by atoms with van der Waals surface area (Å²) < 4.78 is 12.6. The number of halogens is 2. The van der Waals surface area contributed by atoms with Crippen LogP contribution in [0, 0.1) is 5.95 Å². The molecule has 1 heterocycles. The van der Waals surface area contributed by atoms with Crippen LogP contribution in [-0.2, 0) is 0 Å². The average molecular weight is 220 g/mol. The van der Waals surface area contributed by atoms with Gasteiger partial charge in [-0.3, -0.25) is 0 Å². The van der Waals surface area contributed by atoms with Gasteiger partial charge in [0.15, 0.2) is 0 Å². The fourth-order valence-electron chi connectivity index (χ4n) is 1.09. The van der Waals surface area contributed by atoms with Crippen molar-refractivity contribution < 1.29 is 14.6 Å². The minimum Gasteiger partial charge on any atom is -0.390 e. The van der Waals surface area contributed by atoms with Crippen molar-refractivity contribution in [3.8, 4) is 0 Å². The molecular formula is C9H11ClFNO2. The number of alkyl halides is 1. The molecule has 0 aliphatic heterocycles. The topological polar surface area (TPSA) is 53.4 Å². The Kier molecular flexibility index (Phi) is 4.25. The number of hydrogen-bond acceptors (Lipinski definition) is 3. The Hall–Kier alpha value is -0.710. The third kappa shape index (κ3) is 2.90. The summed E-state index contributed by atoms with van der Waals surface area (Å²) in [5.41, 5.74) is 0.301. The molecule has 0 saturated carbocycles. The van der Waals surface area contributed by atoms with Gasteiger partial charge in [-0.25, -0.2) is 4.98 Å². The van der Waals surface area contributed by atoms with E-state index in [-0.39, 0.29) is 12.3 Å². The van der Waals surface area contributed by atoms with Crippen molar-refractivity contribution >= 4 is 11.6 Å². The Morgan fingerprint density at radius 1 is 1.50 bits per heavy atom. The molecule has 3 nitrogen and oxygen atoms in total. The van der Waals surface area contributed by atoms with Gasteiger partial charge in [-0.1, -0.05) is 0 Å². The predicted molar refractivity (Wildman–Crippen MR) is 50.5 cm³/mol. The molecular weight excluding hydrogens is 209 g/mol. The lowest BCUT2D eigenvalue weighted by Gasteiger charge is -2.16. The molecule has 2 atom stereocenters. The van der Waals surface area contributed by atoms with Crippen molar-refractivity contribution in [2.45, 2.75) is 18.6 Å². The molecule has 2 N–H and O–H groups in total. The summed E-state index contributed by atoms with van der Waals surface area (Å²) in [7, 11) is 0. The van der Waals surface area contributed by atoms with Crippen LogP contribution in [0.4, 0.5) is 4.39 Å². The standard InChI is InChI=1S/C9H11ClFNO2/c10-3-1-7(13)9(14)6-2-4-12-8(11)5-6/h2,4-5,7,9,13-14H,1,3H2. The highest BCUT2D eigenvalue weighted by atomic mass is 35.5. The highest BCUT2D eigenvalue weighted by Gasteiger charge is 2.18. The van der Waals surface area contributed by atoms with Crippen LogP contribution in [-0.4, -0.2) is 27.2 Å². The predicted octanol–water partition coefficient (Wildman–Crippen LogP) is 1.24. The first-order valence-corrected chi connectivity index (χ1v) is 4.72. The molecule has 0 saturated heterocycles. The number of aliphatic hydroxyl groups excluding tert-OH is 2. The van der Waals surface area contributed by atoms with Gasteiger partial charge in [0.1, 0.15) is 6.10 Å². The smallest absolute Gasteiger partial charge is 0.213 e. The van der Waals surface area contributed by atoms with E-state index in [0.717, 1.165) is 6.07 Å². The molecule has 78 valence electrons. The number of pyridine rings is 1. The Bertz CT molecular complexity index is 298. The third-order valence-corrected chi connectivity index (χ3v) is 2.08. The fraction of sp³-hybridized carbons (Fsp3) is 0.444. The van der Waals surface area contributed by atoms with Gasteiger partial charge in [0.25, 0.3) is 0 Å². The summed E-state index contributed by atoms with van der Waals surface area (Å²) in [6, 6.07) is 2.54. The minimum absolute atomic E-state index is 0.242. The summed E-state index contributed by atoms with van der Waals surface area (Å²) >= 11 is 5.40. The first kappa shape index (κ1) is 11.4. The van der Waals surface area contributed by atoms with Gasteiger partial charge in [-0.2, -0.15) is 4.39 Å². The average Bonchev–Trinajstić information content (AvgIpc) is 2.17. The summed E-state index contributed by atoms with van der Waals surface area (Å²) in [5, 5.41) is 18.9. The lowest BCUT2D eigenvalue weighted by atomic mass is 10.0. The Morgan fingerprint density at radius 2 is 2.21 bits per heavy atom. The van der Waals surface area contributed by atoms with E-state index < -0.39 is 18.2 Å². The molecule has 0 spiro atoms. The molecule has 0 aromatic carbocycles. The van der Waals surface area contributed by atoms with Crippen LogP contribution in [0.2, 0.25) is 0 Å². The molecule has 1 aromatic heterocycles. The molecule has 2 unspecified atom stereocenters. The zero-order valence-corrected chi connectivity index (χ0v) is 8.15. The Labute approximate surface area is 86.2 Å². The zero-order chi connectivity index (χ0) is 10.6. The highest BCUT2D eigenvalue weighted by molar-refractivity contribution is 6.17. The summed E-state index contributed by atoms with van der Waals surface area (Å²) in [4.78, 5) is 3.34. The molecule has 5 heteroatoms. The van der Waals surface area contributed by atoms with Gasteiger partial charge in [0.2, 0.25) is 5.95 Å². The number of hydrogen-bond donors (Lipinski definition) is 2. The lowest BCUT2D eigenvalue weighted by molar-refractivity contribution is 0.0167. The van der Waals surface area contributed by atoms with Gasteiger partial charge in [-0.15, -0.1) is 11.6 Å². The number of aliphatic hydroxyl groups is 2. The third-order valence-electron chi connectivity index (χ3n) is 1.86. The monoisotopic (exact) mass is 219 g/mol. The maximum Gasteiger partial charge on any atom is 0.213 e. The molecule has 1 aromatic rings. The van der Waals surface area contributed by atoms with E-state index in [1.165, 1.54) is 12.3 Å². The van der Waals surface area contributed by atoms with Crippen LogP contribution in [0.25, 0.3) is 0 Å². The summed E-state index contributed by atoms with van der Waals surface area (Å²) in [5.74, 6) is -0.439. The van der Waals surface area contributed by atoms with Crippen molar-refractivity contribution in [2.75, 3.05) is 5.88 Å². The van der Waals surface area contributed by atoms with Crippen LogP contribution in [0.3, 0.4) is 0 Å². The second-order valence-electron chi connectivity index (χ2n) is 2.90. The second kappa shape index (κ2) is 5.24. The van der Waals surface area contributed by atoms with Gasteiger partial charge < -0.3 is 10.2 Å². The normalized spacial score (nSPS) is 15.1. The van der Waals surface area contributed by atoms with Gasteiger partial charge in [-0.05, 0) is 24.1 Å². The van der Waals surface area contributed by atoms with Crippen LogP contribution < -0.4 is 0 Å². The molecule has 0 aliphatic carbocycles. The van der Waals surface area contributed by atoms with Crippen molar-refractivity contribution in [3.63, 3.8) is 0 Å². The highest BCUT2D eigenvalue weighted by Crippen LogP contribution is 2.18. The summed E-state index contributed by atoms with van der Waals surface area (Å²) in [6.45, 7) is 0. The maximum absolute atomic E-state index is 12.6. The lowest BCUT2D eigenvalue weighted by Crippen LogP contribution is -2.18. The fourth-order valence-corrected chi connectivity index (χ4v) is 1.32. The summed E-state index contributed by atoms with van der Waals surface area (Å²) in [6.07, 6.45) is -0.603. The van der Waals surface area contributed by atoms with Gasteiger partial charge in [0.05, 0.1) is 6.10 Å². The maximum atomic E-state index is 12.6. The van der Waals surface area contributed by atoms with E-state index in [0.29, 0.717) is 5.56 Å². The quantitative estimate of drug-likeness (QED) is 0.592. The van der Waals surface area contributed by atoms with E-state index in [4.69, 9.17) is 11.6 Å². The molecule has 1 rings (SSSR count). The minimum atomic E-state index is -1.12. The van der Waals surface area contributed by atoms with Crippen molar-refractivity contribution in [1.29, 1.82) is 0 Å². The molecule has 0 radical (unpaired) electrons. The van der Waals surface area contributed by atoms with E-state index in [2.05, 4.69) is 4.98 Å². The van der Waals surface area contributed by atoms with E-state index >= 15 is 0 Å². The van der Waals surface area contributed by atoms with E-state index in [1.54, 1.807) is 0 Å². The first-order chi connectivity index (χ1) is 6.65. The van der Waals surface area contributed by atoms with Crippen LogP contribution in [0.1, 0.15) is 18.1 Å². The largest absolute Gasteiger partial charge is 0.390 e. The SMILES string of the molecule is OC(CCCl)C(O)c1ccnc(F)c1. The van der Waals surface area contributed by atoms with Crippen LogP contribution in [0.15, 0.2) is 18.3 Å². The van der Waals surface area contributed by atoms with E-state index in [1.807, 2.05) is 0 Å². The number of aromatic nitrogens is 1. The molecule has 0 bridgehead atoms. The van der Waals surface area contributed by atoms with E-state index in [9.17, 15) is 14.6 Å². The zero-order valence-electron chi connectivity index (χ0n) is 7.40. The van der Waals surface area contributed by atoms with Crippen LogP contribution in [0.5, 0.6) is 0 Å². The van der Waals surface area contributed by atoms with Crippen molar-refractivity contribution in [1.82, 2.24) is 4.98 Å². The Morgan fingerprint density at radius 3 is 2.79 bits per heavy atom. The first-order valence-electron chi connectivity index (χ1n) is 4.18. The molecule has 0 amide bonds. The molecule has 14 heavy (non-hydrogen) atoms. The number of rotatable bonds is 4. The molecule has 0 fully saturated rings. The van der Waals surface area contributed by atoms with Crippen LogP contribution >= 0.6 is 11.6 Å². The van der Waals surface area contributed by atoms with Gasteiger partial charge in [0, 0.05) is 12.1 Å². The molecule has 0 aliphatic rings.